The Kier molecular flexibility index (Phi) is 0.941. The standard InChI is InChI=1S/C5H3O2/c6-4-5-2-1-3-7-5/h2-4H. The van der Waals surface area contributed by atoms with Crippen molar-refractivity contribution < 1.29 is 9.21 Å². The maximum Gasteiger partial charge on any atom is 0.185 e. The van der Waals surface area contributed by atoms with Crippen LogP contribution in [0.1, 0.15) is 10.6 Å². The Hall–Kier alpha value is -1.05. The Labute approximate surface area is 40.8 Å². The first-order chi connectivity index (χ1) is 3.43. The van der Waals surface area contributed by atoms with Gasteiger partial charge in [-0.1, -0.05) is 0 Å². The summed E-state index contributed by atoms with van der Waals surface area (Å²) in [6.07, 6.45) is 1.97. The fourth-order valence-electron chi connectivity index (χ4n) is 0.314. The van der Waals surface area contributed by atoms with Crippen molar-refractivity contribution in [2.24, 2.45) is 0 Å². The summed E-state index contributed by atoms with van der Waals surface area (Å²) < 4.78 is 4.56. The third-order valence-corrected chi connectivity index (χ3v) is 0.605. The molecule has 2 heteroatoms. The van der Waals surface area contributed by atoms with E-state index in [9.17, 15) is 4.79 Å². The van der Waals surface area contributed by atoms with E-state index < -0.39 is 0 Å². The largest absolute Gasteiger partial charge is 0.461 e. The molecular weight excluding hydrogens is 92.1 g/mol. The van der Waals surface area contributed by atoms with Crippen LogP contribution in [0.25, 0.3) is 0 Å². The number of carbonyl (C=O) groups excluding carboxylic acids is 1. The van der Waals surface area contributed by atoms with Crippen LogP contribution in [0, 0.1) is 6.07 Å². The summed E-state index contributed by atoms with van der Waals surface area (Å²) in [5, 5.41) is 0. The highest BCUT2D eigenvalue weighted by molar-refractivity contribution is 5.69. The SMILES string of the molecule is O=Cc1c[c]co1. The fraction of sp³-hybridized carbons (Fsp3) is 0. The molecular formula is C5H3O2. The molecule has 0 bridgehead atoms. The van der Waals surface area contributed by atoms with E-state index in [0.717, 1.165) is 0 Å². The first-order valence-electron chi connectivity index (χ1n) is 1.83. The van der Waals surface area contributed by atoms with Gasteiger partial charge in [0.15, 0.2) is 12.0 Å². The van der Waals surface area contributed by atoms with Crippen LogP contribution in [0.3, 0.4) is 0 Å². The van der Waals surface area contributed by atoms with E-state index >= 15 is 0 Å². The van der Waals surface area contributed by atoms with Gasteiger partial charge in [0.2, 0.25) is 0 Å². The molecule has 0 aliphatic carbocycles. The lowest BCUT2D eigenvalue weighted by Gasteiger charge is -1.68. The Morgan fingerprint density at radius 2 is 2.71 bits per heavy atom. The van der Waals surface area contributed by atoms with Crippen LogP contribution < -0.4 is 0 Å². The molecule has 1 aromatic heterocycles. The van der Waals surface area contributed by atoms with Crippen LogP contribution in [0.15, 0.2) is 16.7 Å². The van der Waals surface area contributed by atoms with Gasteiger partial charge < -0.3 is 4.42 Å². The summed E-state index contributed by atoms with van der Waals surface area (Å²) in [6, 6.07) is 4.06. The van der Waals surface area contributed by atoms with Crippen molar-refractivity contribution in [2.75, 3.05) is 0 Å². The van der Waals surface area contributed by atoms with Crippen LogP contribution in [-0.2, 0) is 0 Å². The summed E-state index contributed by atoms with van der Waals surface area (Å²) >= 11 is 0. The molecule has 1 aromatic rings. The zero-order valence-electron chi connectivity index (χ0n) is 3.55. The lowest BCUT2D eigenvalue weighted by molar-refractivity contribution is 0.110. The predicted octanol–water partition coefficient (Wildman–Crippen LogP) is 0.892. The van der Waals surface area contributed by atoms with E-state index in [0.29, 0.717) is 12.0 Å². The number of hydrogen-bond donors (Lipinski definition) is 0. The van der Waals surface area contributed by atoms with Crippen LogP contribution in [0.5, 0.6) is 0 Å². The molecule has 0 spiro atoms. The van der Waals surface area contributed by atoms with Gasteiger partial charge in [-0.2, -0.15) is 0 Å². The lowest BCUT2D eigenvalue weighted by atomic mass is 10.5. The van der Waals surface area contributed by atoms with Crippen molar-refractivity contribution in [3.8, 4) is 0 Å². The molecule has 2 nitrogen and oxygen atoms in total. The molecule has 0 aliphatic heterocycles. The van der Waals surface area contributed by atoms with Gasteiger partial charge in [0, 0.05) is 6.07 Å². The number of aldehydes is 1. The van der Waals surface area contributed by atoms with Crippen LogP contribution in [0.2, 0.25) is 0 Å². The smallest absolute Gasteiger partial charge is 0.185 e. The second-order valence-electron chi connectivity index (χ2n) is 1.07. The second kappa shape index (κ2) is 1.60. The van der Waals surface area contributed by atoms with Gasteiger partial charge in [-0.05, 0) is 6.07 Å². The van der Waals surface area contributed by atoms with Crippen molar-refractivity contribution in [1.82, 2.24) is 0 Å². The number of furan rings is 1. The molecule has 1 radical (unpaired) electrons. The van der Waals surface area contributed by atoms with Crippen molar-refractivity contribution in [1.29, 1.82) is 0 Å². The zero-order chi connectivity index (χ0) is 5.11. The first-order valence-corrected chi connectivity index (χ1v) is 1.83. The lowest BCUT2D eigenvalue weighted by Crippen LogP contribution is -1.65. The maximum absolute atomic E-state index is 9.75. The van der Waals surface area contributed by atoms with E-state index in [1.165, 1.54) is 12.3 Å². The Balaban J connectivity index is 2.96. The van der Waals surface area contributed by atoms with E-state index in [2.05, 4.69) is 10.5 Å². The van der Waals surface area contributed by atoms with E-state index in [-0.39, 0.29) is 0 Å². The molecule has 35 valence electrons. The van der Waals surface area contributed by atoms with E-state index in [1.807, 2.05) is 0 Å². The Morgan fingerprint density at radius 3 is 3.00 bits per heavy atom. The molecule has 0 aromatic carbocycles. The monoisotopic (exact) mass is 95.0 g/mol. The highest BCUT2D eigenvalue weighted by Crippen LogP contribution is 1.91. The number of hydrogen-bond acceptors (Lipinski definition) is 2. The fourth-order valence-corrected chi connectivity index (χ4v) is 0.314. The molecule has 7 heavy (non-hydrogen) atoms. The van der Waals surface area contributed by atoms with Gasteiger partial charge in [-0.25, -0.2) is 0 Å². The molecule has 0 amide bonds. The average molecular weight is 95.1 g/mol. The number of carbonyl (C=O) groups is 1. The molecule has 0 saturated carbocycles. The highest BCUT2D eigenvalue weighted by atomic mass is 16.3. The second-order valence-corrected chi connectivity index (χ2v) is 1.07. The molecule has 1 heterocycles. The summed E-state index contributed by atoms with van der Waals surface area (Å²) in [5.74, 6) is 0.319. The Morgan fingerprint density at radius 1 is 1.86 bits per heavy atom. The molecule has 1 rings (SSSR count). The number of rotatable bonds is 1. The van der Waals surface area contributed by atoms with Crippen LogP contribution in [0.4, 0.5) is 0 Å². The normalized spacial score (nSPS) is 8.57. The predicted molar refractivity (Wildman–Crippen MR) is 22.9 cm³/mol. The quantitative estimate of drug-likeness (QED) is 0.485. The van der Waals surface area contributed by atoms with Gasteiger partial charge in [0.1, 0.15) is 0 Å². The zero-order valence-corrected chi connectivity index (χ0v) is 3.55. The minimum atomic E-state index is 0.319. The summed E-state index contributed by atoms with van der Waals surface area (Å²) in [4.78, 5) is 9.75. The van der Waals surface area contributed by atoms with Gasteiger partial charge >= 0.3 is 0 Å². The minimum Gasteiger partial charge on any atom is -0.461 e. The highest BCUT2D eigenvalue weighted by Gasteiger charge is 1.85. The van der Waals surface area contributed by atoms with Gasteiger partial charge in [0.25, 0.3) is 0 Å². The molecule has 0 N–H and O–H groups in total. The van der Waals surface area contributed by atoms with Crippen molar-refractivity contribution in [2.45, 2.75) is 0 Å². The molecule has 0 unspecified atom stereocenters. The summed E-state index contributed by atoms with van der Waals surface area (Å²) in [6.45, 7) is 0. The average Bonchev–Trinajstić information content (AvgIpc) is 2.14. The Bertz CT molecular complexity index is 141. The van der Waals surface area contributed by atoms with Crippen molar-refractivity contribution in [3.05, 3.63) is 24.2 Å². The first kappa shape index (κ1) is 4.12. The third kappa shape index (κ3) is 0.682. The molecule has 0 saturated heterocycles. The summed E-state index contributed by atoms with van der Waals surface area (Å²) in [7, 11) is 0. The molecule has 0 fully saturated rings. The van der Waals surface area contributed by atoms with Crippen LogP contribution >= 0.6 is 0 Å². The third-order valence-electron chi connectivity index (χ3n) is 0.605. The topological polar surface area (TPSA) is 30.2 Å². The maximum atomic E-state index is 9.75. The van der Waals surface area contributed by atoms with Crippen molar-refractivity contribution >= 4 is 6.29 Å². The van der Waals surface area contributed by atoms with Crippen LogP contribution in [-0.4, -0.2) is 6.29 Å². The van der Waals surface area contributed by atoms with Gasteiger partial charge in [-0.15, -0.1) is 0 Å². The van der Waals surface area contributed by atoms with Gasteiger partial charge in [0.05, 0.1) is 6.26 Å². The molecule has 0 aliphatic rings. The molecule has 0 atom stereocenters. The van der Waals surface area contributed by atoms with E-state index in [4.69, 9.17) is 0 Å². The van der Waals surface area contributed by atoms with Gasteiger partial charge in [-0.3, -0.25) is 4.79 Å². The summed E-state index contributed by atoms with van der Waals surface area (Å²) in [5.41, 5.74) is 0. The van der Waals surface area contributed by atoms with Crippen molar-refractivity contribution in [3.63, 3.8) is 0 Å². The van der Waals surface area contributed by atoms with E-state index in [1.54, 1.807) is 0 Å². The minimum absolute atomic E-state index is 0.319.